The molecule has 0 heterocycles. The summed E-state index contributed by atoms with van der Waals surface area (Å²) in [7, 11) is 1.38. The van der Waals surface area contributed by atoms with E-state index in [2.05, 4.69) is 4.74 Å². The Morgan fingerprint density at radius 1 is 1.28 bits per heavy atom. The van der Waals surface area contributed by atoms with Crippen molar-refractivity contribution in [2.45, 2.75) is 52.0 Å². The molecule has 18 heavy (non-hydrogen) atoms. The number of esters is 1. The SMILES string of the molecule is COC(=O)CCN(C(=O)C=C(C)C)C1CCCC1. The third-order valence-electron chi connectivity index (χ3n) is 3.25. The van der Waals surface area contributed by atoms with E-state index in [4.69, 9.17) is 0 Å². The molecule has 1 fully saturated rings. The minimum absolute atomic E-state index is 0.0193. The molecule has 1 aliphatic carbocycles. The van der Waals surface area contributed by atoms with Crippen LogP contribution in [0, 0.1) is 0 Å². The lowest BCUT2D eigenvalue weighted by Gasteiger charge is -2.27. The van der Waals surface area contributed by atoms with Gasteiger partial charge in [-0.3, -0.25) is 9.59 Å². The van der Waals surface area contributed by atoms with Crippen molar-refractivity contribution in [1.29, 1.82) is 0 Å². The maximum atomic E-state index is 12.1. The second-order valence-corrected chi connectivity index (χ2v) is 5.02. The second-order valence-electron chi connectivity index (χ2n) is 5.02. The summed E-state index contributed by atoms with van der Waals surface area (Å²) in [5.41, 5.74) is 0.987. The Bertz CT molecular complexity index is 326. The fourth-order valence-corrected chi connectivity index (χ4v) is 2.33. The molecule has 102 valence electrons. The molecule has 0 unspecified atom stereocenters. The highest BCUT2D eigenvalue weighted by Crippen LogP contribution is 2.24. The van der Waals surface area contributed by atoms with Crippen LogP contribution in [0.4, 0.5) is 0 Å². The molecule has 1 saturated carbocycles. The average Bonchev–Trinajstić information content (AvgIpc) is 2.81. The normalized spacial score (nSPS) is 15.3. The highest BCUT2D eigenvalue weighted by atomic mass is 16.5. The Morgan fingerprint density at radius 3 is 2.39 bits per heavy atom. The van der Waals surface area contributed by atoms with E-state index in [1.165, 1.54) is 20.0 Å². The van der Waals surface area contributed by atoms with Gasteiger partial charge in [0, 0.05) is 18.7 Å². The van der Waals surface area contributed by atoms with Gasteiger partial charge in [0.15, 0.2) is 0 Å². The van der Waals surface area contributed by atoms with E-state index in [0.717, 1.165) is 18.4 Å². The maximum Gasteiger partial charge on any atom is 0.307 e. The van der Waals surface area contributed by atoms with Crippen molar-refractivity contribution < 1.29 is 14.3 Å². The Kier molecular flexibility index (Phi) is 5.89. The van der Waals surface area contributed by atoms with Crippen molar-refractivity contribution in [1.82, 2.24) is 4.90 Å². The Balaban J connectivity index is 2.65. The summed E-state index contributed by atoms with van der Waals surface area (Å²) in [6.07, 6.45) is 6.35. The van der Waals surface area contributed by atoms with Gasteiger partial charge in [0.05, 0.1) is 13.5 Å². The van der Waals surface area contributed by atoms with Crippen LogP contribution in [0.3, 0.4) is 0 Å². The molecule has 0 aromatic rings. The molecule has 0 N–H and O–H groups in total. The van der Waals surface area contributed by atoms with E-state index in [0.29, 0.717) is 6.54 Å². The van der Waals surface area contributed by atoms with Gasteiger partial charge in [0.25, 0.3) is 0 Å². The van der Waals surface area contributed by atoms with Crippen LogP contribution in [-0.2, 0) is 14.3 Å². The summed E-state index contributed by atoms with van der Waals surface area (Å²) in [6, 6.07) is 0.290. The van der Waals surface area contributed by atoms with Gasteiger partial charge in [-0.25, -0.2) is 0 Å². The summed E-state index contributed by atoms with van der Waals surface area (Å²) < 4.78 is 4.63. The summed E-state index contributed by atoms with van der Waals surface area (Å²) in [5.74, 6) is -0.242. The molecule has 0 bridgehead atoms. The van der Waals surface area contributed by atoms with Crippen molar-refractivity contribution in [2.75, 3.05) is 13.7 Å². The van der Waals surface area contributed by atoms with E-state index < -0.39 is 0 Å². The summed E-state index contributed by atoms with van der Waals surface area (Å²) in [4.78, 5) is 25.2. The number of amides is 1. The second kappa shape index (κ2) is 7.19. The minimum atomic E-state index is -0.261. The van der Waals surface area contributed by atoms with E-state index in [-0.39, 0.29) is 24.3 Å². The quantitative estimate of drug-likeness (QED) is 0.558. The zero-order valence-electron chi connectivity index (χ0n) is 11.6. The van der Waals surface area contributed by atoms with Crippen molar-refractivity contribution in [3.63, 3.8) is 0 Å². The molecule has 0 aromatic heterocycles. The van der Waals surface area contributed by atoms with Crippen LogP contribution in [-0.4, -0.2) is 36.5 Å². The standard InChI is InChI=1S/C14H23NO3/c1-11(2)10-13(16)15(9-8-14(17)18-3)12-6-4-5-7-12/h10,12H,4-9H2,1-3H3. The molecule has 0 saturated heterocycles. The third kappa shape index (κ3) is 4.51. The lowest BCUT2D eigenvalue weighted by molar-refractivity contribution is -0.141. The van der Waals surface area contributed by atoms with Gasteiger partial charge in [-0.15, -0.1) is 0 Å². The van der Waals surface area contributed by atoms with Gasteiger partial charge in [0.2, 0.25) is 5.91 Å². The summed E-state index contributed by atoms with van der Waals surface area (Å²) in [5, 5.41) is 0. The molecule has 1 rings (SSSR count). The number of hydrogen-bond acceptors (Lipinski definition) is 3. The minimum Gasteiger partial charge on any atom is -0.469 e. The van der Waals surface area contributed by atoms with E-state index in [9.17, 15) is 9.59 Å². The molecule has 0 spiro atoms. The average molecular weight is 253 g/mol. The molecule has 1 aliphatic rings. The van der Waals surface area contributed by atoms with Crippen LogP contribution < -0.4 is 0 Å². The zero-order chi connectivity index (χ0) is 13.5. The van der Waals surface area contributed by atoms with Crippen LogP contribution in [0.1, 0.15) is 46.0 Å². The highest BCUT2D eigenvalue weighted by molar-refractivity contribution is 5.88. The first kappa shape index (κ1) is 14.7. The van der Waals surface area contributed by atoms with Crippen molar-refractivity contribution in [3.8, 4) is 0 Å². The Morgan fingerprint density at radius 2 is 1.89 bits per heavy atom. The van der Waals surface area contributed by atoms with Crippen LogP contribution in [0.5, 0.6) is 0 Å². The fourth-order valence-electron chi connectivity index (χ4n) is 2.33. The highest BCUT2D eigenvalue weighted by Gasteiger charge is 2.25. The van der Waals surface area contributed by atoms with Gasteiger partial charge in [-0.05, 0) is 26.7 Å². The number of methoxy groups -OCH3 is 1. The molecular weight excluding hydrogens is 230 g/mol. The summed E-state index contributed by atoms with van der Waals surface area (Å²) in [6.45, 7) is 4.27. The lowest BCUT2D eigenvalue weighted by Crippen LogP contribution is -2.39. The first-order valence-electron chi connectivity index (χ1n) is 6.57. The first-order valence-corrected chi connectivity index (χ1v) is 6.57. The van der Waals surface area contributed by atoms with E-state index in [1.807, 2.05) is 18.7 Å². The van der Waals surface area contributed by atoms with Gasteiger partial charge in [0.1, 0.15) is 0 Å². The number of nitrogens with zero attached hydrogens (tertiary/aromatic N) is 1. The molecule has 0 radical (unpaired) electrons. The van der Waals surface area contributed by atoms with Crippen LogP contribution in [0.15, 0.2) is 11.6 Å². The smallest absolute Gasteiger partial charge is 0.307 e. The van der Waals surface area contributed by atoms with E-state index in [1.54, 1.807) is 6.08 Å². The number of hydrogen-bond donors (Lipinski definition) is 0. The summed E-state index contributed by atoms with van der Waals surface area (Å²) >= 11 is 0. The molecule has 4 nitrogen and oxygen atoms in total. The number of carbonyl (C=O) groups excluding carboxylic acids is 2. The number of rotatable bonds is 5. The number of carbonyl (C=O) groups is 2. The van der Waals surface area contributed by atoms with Gasteiger partial charge in [-0.1, -0.05) is 18.4 Å². The lowest BCUT2D eigenvalue weighted by atomic mass is 10.2. The first-order chi connectivity index (χ1) is 8.54. The van der Waals surface area contributed by atoms with E-state index >= 15 is 0 Å². The Hall–Kier alpha value is -1.32. The molecule has 0 atom stereocenters. The van der Waals surface area contributed by atoms with Crippen LogP contribution >= 0.6 is 0 Å². The van der Waals surface area contributed by atoms with Crippen molar-refractivity contribution in [2.24, 2.45) is 0 Å². The monoisotopic (exact) mass is 253 g/mol. The van der Waals surface area contributed by atoms with Crippen LogP contribution in [0.2, 0.25) is 0 Å². The predicted molar refractivity (Wildman–Crippen MR) is 70.0 cm³/mol. The van der Waals surface area contributed by atoms with Gasteiger partial charge >= 0.3 is 5.97 Å². The van der Waals surface area contributed by atoms with Crippen LogP contribution in [0.25, 0.3) is 0 Å². The molecule has 0 aromatic carbocycles. The van der Waals surface area contributed by atoms with Gasteiger partial charge < -0.3 is 9.64 Å². The molecule has 1 amide bonds. The maximum absolute atomic E-state index is 12.1. The third-order valence-corrected chi connectivity index (χ3v) is 3.25. The van der Waals surface area contributed by atoms with Crippen molar-refractivity contribution >= 4 is 11.9 Å². The topological polar surface area (TPSA) is 46.6 Å². The number of ether oxygens (including phenoxy) is 1. The fraction of sp³-hybridized carbons (Fsp3) is 0.714. The molecule has 0 aliphatic heterocycles. The predicted octanol–water partition coefficient (Wildman–Crippen LogP) is 2.29. The zero-order valence-corrected chi connectivity index (χ0v) is 11.6. The van der Waals surface area contributed by atoms with Gasteiger partial charge in [-0.2, -0.15) is 0 Å². The molecule has 4 heteroatoms. The Labute approximate surface area is 109 Å². The van der Waals surface area contributed by atoms with Crippen molar-refractivity contribution in [3.05, 3.63) is 11.6 Å². The largest absolute Gasteiger partial charge is 0.469 e. The number of allylic oxidation sites excluding steroid dienone is 1. The molecular formula is C14H23NO3.